The summed E-state index contributed by atoms with van der Waals surface area (Å²) in [5, 5.41) is 0. The smallest absolute Gasteiger partial charge is 0.406 e. The number of pyridine rings is 1. The summed E-state index contributed by atoms with van der Waals surface area (Å²) in [5.41, 5.74) is 2.10. The fourth-order valence-corrected chi connectivity index (χ4v) is 1.33. The summed E-state index contributed by atoms with van der Waals surface area (Å²) < 4.78 is 4.99. The van der Waals surface area contributed by atoms with Crippen molar-refractivity contribution in [3.63, 3.8) is 0 Å². The third-order valence-corrected chi connectivity index (χ3v) is 1.97. The summed E-state index contributed by atoms with van der Waals surface area (Å²) >= 11 is 0. The molecular formula is C9H10N2O2. The van der Waals surface area contributed by atoms with E-state index in [1.165, 1.54) is 0 Å². The van der Waals surface area contributed by atoms with Crippen molar-refractivity contribution in [2.75, 3.05) is 0 Å². The molecule has 68 valence electrons. The Hall–Kier alpha value is -1.58. The van der Waals surface area contributed by atoms with Crippen molar-refractivity contribution in [3.05, 3.63) is 28.4 Å². The third kappa shape index (κ3) is 1.24. The minimum absolute atomic E-state index is 0.324. The van der Waals surface area contributed by atoms with Crippen LogP contribution in [0.15, 0.2) is 21.5 Å². The van der Waals surface area contributed by atoms with Crippen molar-refractivity contribution >= 4 is 11.2 Å². The van der Waals surface area contributed by atoms with E-state index in [4.69, 9.17) is 4.42 Å². The normalized spacial score (nSPS) is 11.3. The molecule has 2 heterocycles. The lowest BCUT2D eigenvalue weighted by Gasteiger charge is -2.02. The number of H-pyrrole nitrogens is 1. The molecular weight excluding hydrogens is 168 g/mol. The van der Waals surface area contributed by atoms with Crippen LogP contribution in [-0.2, 0) is 0 Å². The Bertz CT molecular complexity index is 482. The highest BCUT2D eigenvalue weighted by atomic mass is 16.4. The van der Waals surface area contributed by atoms with Crippen LogP contribution in [0.5, 0.6) is 0 Å². The second-order valence-corrected chi connectivity index (χ2v) is 3.25. The van der Waals surface area contributed by atoms with Crippen LogP contribution >= 0.6 is 0 Å². The van der Waals surface area contributed by atoms with Gasteiger partial charge in [-0.15, -0.1) is 0 Å². The van der Waals surface area contributed by atoms with Crippen molar-refractivity contribution in [2.24, 2.45) is 0 Å². The molecule has 0 aliphatic carbocycles. The number of rotatable bonds is 1. The first kappa shape index (κ1) is 8.04. The molecule has 0 saturated carbocycles. The van der Waals surface area contributed by atoms with E-state index < -0.39 is 5.76 Å². The molecule has 2 rings (SSSR count). The number of fused-ring (bicyclic) bond motifs is 1. The molecule has 0 spiro atoms. The van der Waals surface area contributed by atoms with E-state index in [1.54, 1.807) is 6.20 Å². The molecule has 4 heteroatoms. The Balaban J connectivity index is 2.82. The third-order valence-electron chi connectivity index (χ3n) is 1.97. The van der Waals surface area contributed by atoms with Gasteiger partial charge in [-0.3, -0.25) is 4.98 Å². The van der Waals surface area contributed by atoms with Crippen molar-refractivity contribution < 1.29 is 4.42 Å². The second kappa shape index (κ2) is 2.73. The van der Waals surface area contributed by atoms with E-state index in [2.05, 4.69) is 9.97 Å². The van der Waals surface area contributed by atoms with Gasteiger partial charge in [-0.25, -0.2) is 9.78 Å². The van der Waals surface area contributed by atoms with Gasteiger partial charge in [0.15, 0.2) is 11.2 Å². The van der Waals surface area contributed by atoms with E-state index in [-0.39, 0.29) is 0 Å². The van der Waals surface area contributed by atoms with Crippen LogP contribution in [0.4, 0.5) is 0 Å². The number of hydrogen-bond acceptors (Lipinski definition) is 3. The number of nitrogens with zero attached hydrogens (tertiary/aromatic N) is 1. The summed E-state index contributed by atoms with van der Waals surface area (Å²) in [6.07, 6.45) is 1.67. The first-order valence-corrected chi connectivity index (χ1v) is 4.16. The maximum Gasteiger partial charge on any atom is 0.418 e. The Morgan fingerprint density at radius 2 is 2.31 bits per heavy atom. The highest BCUT2D eigenvalue weighted by molar-refractivity contribution is 5.71. The van der Waals surface area contributed by atoms with Gasteiger partial charge in [-0.2, -0.15) is 0 Å². The van der Waals surface area contributed by atoms with Crippen molar-refractivity contribution in [3.8, 4) is 0 Å². The summed E-state index contributed by atoms with van der Waals surface area (Å²) in [6, 6.07) is 1.86. The van der Waals surface area contributed by atoms with E-state index in [1.807, 2.05) is 19.9 Å². The minimum atomic E-state index is -0.449. The molecule has 0 unspecified atom stereocenters. The molecule has 2 aromatic rings. The molecule has 0 aliphatic rings. The average molecular weight is 178 g/mol. The molecule has 13 heavy (non-hydrogen) atoms. The lowest BCUT2D eigenvalue weighted by atomic mass is 10.0. The Kier molecular flexibility index (Phi) is 1.69. The summed E-state index contributed by atoms with van der Waals surface area (Å²) in [6.45, 7) is 4.09. The van der Waals surface area contributed by atoms with Gasteiger partial charge in [0.1, 0.15) is 0 Å². The first-order valence-electron chi connectivity index (χ1n) is 4.16. The molecule has 0 radical (unpaired) electrons. The molecule has 0 aliphatic heterocycles. The molecule has 1 N–H and O–H groups in total. The topological polar surface area (TPSA) is 58.9 Å². The van der Waals surface area contributed by atoms with Crippen molar-refractivity contribution in [1.29, 1.82) is 0 Å². The van der Waals surface area contributed by atoms with Crippen LogP contribution < -0.4 is 5.76 Å². The Labute approximate surface area is 74.6 Å². The molecule has 4 nitrogen and oxygen atoms in total. The highest BCUT2D eigenvalue weighted by Gasteiger charge is 2.09. The first-order chi connectivity index (χ1) is 6.18. The van der Waals surface area contributed by atoms with Gasteiger partial charge in [0.05, 0.1) is 0 Å². The van der Waals surface area contributed by atoms with E-state index in [9.17, 15) is 4.79 Å². The lowest BCUT2D eigenvalue weighted by molar-refractivity contribution is 0.549. The zero-order chi connectivity index (χ0) is 9.42. The van der Waals surface area contributed by atoms with Crippen LogP contribution in [-0.4, -0.2) is 9.97 Å². The minimum Gasteiger partial charge on any atom is -0.406 e. The molecule has 0 aromatic carbocycles. The molecule has 0 fully saturated rings. The Morgan fingerprint density at radius 1 is 1.54 bits per heavy atom. The van der Waals surface area contributed by atoms with Gasteiger partial charge >= 0.3 is 5.76 Å². The fourth-order valence-electron chi connectivity index (χ4n) is 1.33. The number of oxazole rings is 1. The molecule has 2 aromatic heterocycles. The quantitative estimate of drug-likeness (QED) is 0.722. The molecule has 0 saturated heterocycles. The van der Waals surface area contributed by atoms with E-state index >= 15 is 0 Å². The van der Waals surface area contributed by atoms with Crippen LogP contribution in [0.3, 0.4) is 0 Å². The summed E-state index contributed by atoms with van der Waals surface area (Å²) in [7, 11) is 0. The van der Waals surface area contributed by atoms with E-state index in [0.717, 1.165) is 5.56 Å². The van der Waals surface area contributed by atoms with Gasteiger partial charge in [0.25, 0.3) is 0 Å². The number of nitrogens with one attached hydrogen (secondary N) is 1. The maximum absolute atomic E-state index is 10.9. The van der Waals surface area contributed by atoms with Gasteiger partial charge < -0.3 is 4.42 Å². The second-order valence-electron chi connectivity index (χ2n) is 3.25. The van der Waals surface area contributed by atoms with Gasteiger partial charge in [-0.05, 0) is 12.0 Å². The number of aromatic nitrogens is 2. The van der Waals surface area contributed by atoms with Crippen LogP contribution in [0.2, 0.25) is 0 Å². The van der Waals surface area contributed by atoms with Gasteiger partial charge in [0, 0.05) is 11.8 Å². The van der Waals surface area contributed by atoms with E-state index in [0.29, 0.717) is 17.1 Å². The number of hydrogen-bond donors (Lipinski definition) is 1. The number of aromatic amines is 1. The monoisotopic (exact) mass is 178 g/mol. The predicted octanol–water partition coefficient (Wildman–Crippen LogP) is 1.64. The molecule has 0 atom stereocenters. The SMILES string of the molecule is CC(C)c1ccnc2[nH]c(=O)oc12. The van der Waals surface area contributed by atoms with Gasteiger partial charge in [0.2, 0.25) is 0 Å². The van der Waals surface area contributed by atoms with Crippen LogP contribution in [0, 0.1) is 0 Å². The van der Waals surface area contributed by atoms with Crippen LogP contribution in [0.25, 0.3) is 11.2 Å². The largest absolute Gasteiger partial charge is 0.418 e. The average Bonchev–Trinajstić information content (AvgIpc) is 2.43. The standard InChI is InChI=1S/C9H10N2O2/c1-5(2)6-3-4-10-8-7(6)13-9(12)11-8/h3-5H,1-2H3,(H,10,11,12). The van der Waals surface area contributed by atoms with Gasteiger partial charge in [-0.1, -0.05) is 13.8 Å². The van der Waals surface area contributed by atoms with Crippen molar-refractivity contribution in [2.45, 2.75) is 19.8 Å². The predicted molar refractivity (Wildman–Crippen MR) is 48.7 cm³/mol. The maximum atomic E-state index is 10.9. The summed E-state index contributed by atoms with van der Waals surface area (Å²) in [4.78, 5) is 17.4. The zero-order valence-corrected chi connectivity index (χ0v) is 7.50. The summed E-state index contributed by atoms with van der Waals surface area (Å²) in [5.74, 6) is -0.125. The Morgan fingerprint density at radius 3 is 3.00 bits per heavy atom. The fraction of sp³-hybridized carbons (Fsp3) is 0.333. The highest BCUT2D eigenvalue weighted by Crippen LogP contribution is 2.21. The van der Waals surface area contributed by atoms with Crippen molar-refractivity contribution in [1.82, 2.24) is 9.97 Å². The van der Waals surface area contributed by atoms with Crippen LogP contribution in [0.1, 0.15) is 25.3 Å². The zero-order valence-electron chi connectivity index (χ0n) is 7.50. The lowest BCUT2D eigenvalue weighted by Crippen LogP contribution is -1.93. The molecule has 0 amide bonds. The molecule has 0 bridgehead atoms.